The molecule has 0 saturated carbocycles. The molecule has 19 heavy (non-hydrogen) atoms. The van der Waals surface area contributed by atoms with Gasteiger partial charge in [0.1, 0.15) is 6.04 Å². The number of nitrogens with zero attached hydrogens (tertiary/aromatic N) is 2. The monoisotopic (exact) mass is 288 g/mol. The summed E-state index contributed by atoms with van der Waals surface area (Å²) in [4.78, 5) is 27.3. The van der Waals surface area contributed by atoms with Crippen LogP contribution in [0.5, 0.6) is 0 Å². The third-order valence-electron chi connectivity index (χ3n) is 4.07. The molecular formula is C12H20N2O4S. The third-order valence-corrected chi connectivity index (χ3v) is 6.21. The minimum atomic E-state index is -3.28. The number of hydrogen-bond acceptors (Lipinski definition) is 4. The van der Waals surface area contributed by atoms with Crippen LogP contribution in [-0.2, 0) is 19.4 Å². The van der Waals surface area contributed by atoms with E-state index in [9.17, 15) is 18.0 Å². The first-order valence-corrected chi connectivity index (χ1v) is 8.30. The van der Waals surface area contributed by atoms with Gasteiger partial charge in [0.2, 0.25) is 11.8 Å². The molecule has 2 amide bonds. The summed E-state index contributed by atoms with van der Waals surface area (Å²) in [6.45, 7) is 3.87. The van der Waals surface area contributed by atoms with Crippen LogP contribution < -0.4 is 0 Å². The Hall–Kier alpha value is -1.11. The van der Waals surface area contributed by atoms with E-state index in [0.717, 1.165) is 12.7 Å². The van der Waals surface area contributed by atoms with Gasteiger partial charge in [0, 0.05) is 19.3 Å². The van der Waals surface area contributed by atoms with Crippen LogP contribution in [-0.4, -0.2) is 66.7 Å². The molecule has 108 valence electrons. The van der Waals surface area contributed by atoms with Gasteiger partial charge in [-0.2, -0.15) is 0 Å². The van der Waals surface area contributed by atoms with Crippen LogP contribution in [0.1, 0.15) is 26.7 Å². The predicted molar refractivity (Wildman–Crippen MR) is 70.2 cm³/mol. The molecule has 2 saturated heterocycles. The van der Waals surface area contributed by atoms with Gasteiger partial charge >= 0.3 is 0 Å². The highest BCUT2D eigenvalue weighted by atomic mass is 32.2. The first kappa shape index (κ1) is 14.3. The lowest BCUT2D eigenvalue weighted by Crippen LogP contribution is -2.60. The van der Waals surface area contributed by atoms with Gasteiger partial charge in [-0.3, -0.25) is 9.59 Å². The molecule has 0 aromatic carbocycles. The van der Waals surface area contributed by atoms with E-state index in [1.54, 1.807) is 18.7 Å². The van der Waals surface area contributed by atoms with Gasteiger partial charge in [-0.05, 0) is 26.7 Å². The van der Waals surface area contributed by atoms with Crippen molar-refractivity contribution < 1.29 is 18.0 Å². The Balaban J connectivity index is 2.18. The second-order valence-electron chi connectivity index (χ2n) is 5.97. The zero-order valence-corrected chi connectivity index (χ0v) is 12.4. The molecule has 0 N–H and O–H groups in total. The van der Waals surface area contributed by atoms with Crippen molar-refractivity contribution in [1.82, 2.24) is 9.80 Å². The summed E-state index contributed by atoms with van der Waals surface area (Å²) in [5, 5.41) is 0. The predicted octanol–water partition coefficient (Wildman–Crippen LogP) is -0.357. The van der Waals surface area contributed by atoms with E-state index in [1.807, 2.05) is 0 Å². The van der Waals surface area contributed by atoms with Crippen molar-refractivity contribution in [3.63, 3.8) is 0 Å². The van der Waals surface area contributed by atoms with Gasteiger partial charge in [0.15, 0.2) is 9.84 Å². The number of hydrogen-bond donors (Lipinski definition) is 0. The maximum absolute atomic E-state index is 12.3. The summed E-state index contributed by atoms with van der Waals surface area (Å²) in [5.74, 6) is -0.194. The minimum Gasteiger partial charge on any atom is -0.330 e. The average molecular weight is 288 g/mol. The van der Waals surface area contributed by atoms with Gasteiger partial charge in [0.25, 0.3) is 0 Å². The SMILES string of the molecule is CC(C)(CN1CC(=O)N2CCCC2C1=O)S(C)(=O)=O. The molecule has 1 unspecified atom stereocenters. The number of sulfone groups is 1. The zero-order valence-electron chi connectivity index (χ0n) is 11.5. The normalized spacial score (nSPS) is 24.9. The summed E-state index contributed by atoms with van der Waals surface area (Å²) < 4.78 is 22.4. The molecular weight excluding hydrogens is 268 g/mol. The fraction of sp³-hybridized carbons (Fsp3) is 0.833. The molecule has 0 spiro atoms. The number of carbonyl (C=O) groups excluding carboxylic acids is 2. The Bertz CT molecular complexity index is 512. The molecule has 1 atom stereocenters. The largest absolute Gasteiger partial charge is 0.330 e. The van der Waals surface area contributed by atoms with E-state index < -0.39 is 14.6 Å². The van der Waals surface area contributed by atoms with E-state index in [4.69, 9.17) is 0 Å². The Morgan fingerprint density at radius 3 is 2.53 bits per heavy atom. The lowest BCUT2D eigenvalue weighted by molar-refractivity contribution is -0.153. The molecule has 2 fully saturated rings. The molecule has 7 heteroatoms. The van der Waals surface area contributed by atoms with Gasteiger partial charge in [-0.15, -0.1) is 0 Å². The zero-order chi connectivity index (χ0) is 14.4. The Labute approximate surface area is 113 Å². The summed E-state index contributed by atoms with van der Waals surface area (Å²) in [6.07, 6.45) is 2.68. The summed E-state index contributed by atoms with van der Waals surface area (Å²) >= 11 is 0. The van der Waals surface area contributed by atoms with Gasteiger partial charge in [-0.25, -0.2) is 8.42 Å². The third kappa shape index (κ3) is 2.48. The highest BCUT2D eigenvalue weighted by Crippen LogP contribution is 2.26. The van der Waals surface area contributed by atoms with Crippen molar-refractivity contribution >= 4 is 21.7 Å². The Morgan fingerprint density at radius 2 is 1.95 bits per heavy atom. The molecule has 0 aliphatic carbocycles. The van der Waals surface area contributed by atoms with Crippen molar-refractivity contribution in [2.24, 2.45) is 0 Å². The van der Waals surface area contributed by atoms with Crippen molar-refractivity contribution in [2.45, 2.75) is 37.5 Å². The second-order valence-corrected chi connectivity index (χ2v) is 8.62. The fourth-order valence-electron chi connectivity index (χ4n) is 2.58. The smallest absolute Gasteiger partial charge is 0.245 e. The molecule has 0 radical (unpaired) electrons. The Kier molecular flexibility index (Phi) is 3.36. The van der Waals surface area contributed by atoms with E-state index in [2.05, 4.69) is 0 Å². The summed E-state index contributed by atoms with van der Waals surface area (Å²) in [7, 11) is -3.28. The molecule has 0 aromatic heterocycles. The van der Waals surface area contributed by atoms with Gasteiger partial charge in [0.05, 0.1) is 11.3 Å². The van der Waals surface area contributed by atoms with Crippen LogP contribution in [0.25, 0.3) is 0 Å². The highest BCUT2D eigenvalue weighted by molar-refractivity contribution is 7.92. The van der Waals surface area contributed by atoms with E-state index in [0.29, 0.717) is 13.0 Å². The van der Waals surface area contributed by atoms with Crippen molar-refractivity contribution in [3.05, 3.63) is 0 Å². The molecule has 2 aliphatic rings. The highest BCUT2D eigenvalue weighted by Gasteiger charge is 2.44. The van der Waals surface area contributed by atoms with Crippen molar-refractivity contribution in [1.29, 1.82) is 0 Å². The second kappa shape index (κ2) is 4.47. The van der Waals surface area contributed by atoms with Gasteiger partial charge in [-0.1, -0.05) is 0 Å². The molecule has 0 aromatic rings. The van der Waals surface area contributed by atoms with Crippen LogP contribution in [0.3, 0.4) is 0 Å². The van der Waals surface area contributed by atoms with E-state index in [-0.39, 0.29) is 30.9 Å². The van der Waals surface area contributed by atoms with Crippen molar-refractivity contribution in [2.75, 3.05) is 25.9 Å². The molecule has 2 heterocycles. The average Bonchev–Trinajstić information content (AvgIpc) is 2.72. The molecule has 2 rings (SSSR count). The van der Waals surface area contributed by atoms with E-state index >= 15 is 0 Å². The number of amides is 2. The van der Waals surface area contributed by atoms with E-state index in [1.165, 1.54) is 4.90 Å². The molecule has 2 aliphatic heterocycles. The maximum atomic E-state index is 12.3. The van der Waals surface area contributed by atoms with Crippen LogP contribution in [0.15, 0.2) is 0 Å². The van der Waals surface area contributed by atoms with Gasteiger partial charge < -0.3 is 9.80 Å². The molecule has 0 bridgehead atoms. The Morgan fingerprint density at radius 1 is 1.32 bits per heavy atom. The van der Waals surface area contributed by atoms with Crippen LogP contribution in [0.2, 0.25) is 0 Å². The number of piperazine rings is 1. The number of carbonyl (C=O) groups is 2. The first-order valence-electron chi connectivity index (χ1n) is 6.41. The quantitative estimate of drug-likeness (QED) is 0.711. The minimum absolute atomic E-state index is 0.00567. The van der Waals surface area contributed by atoms with Crippen LogP contribution >= 0.6 is 0 Å². The summed E-state index contributed by atoms with van der Waals surface area (Å²) in [6, 6.07) is -0.378. The summed E-state index contributed by atoms with van der Waals surface area (Å²) in [5.41, 5.74) is 0. The maximum Gasteiger partial charge on any atom is 0.245 e. The van der Waals surface area contributed by atoms with Crippen LogP contribution in [0.4, 0.5) is 0 Å². The fourth-order valence-corrected chi connectivity index (χ4v) is 2.97. The standard InChI is InChI=1S/C12H20N2O4S/c1-12(2,19(3,17)18)8-13-7-10(15)14-6-4-5-9(14)11(13)16/h9H,4-8H2,1-3H3. The van der Waals surface area contributed by atoms with Crippen molar-refractivity contribution in [3.8, 4) is 0 Å². The molecule has 6 nitrogen and oxygen atoms in total. The topological polar surface area (TPSA) is 74.8 Å². The van der Waals surface area contributed by atoms with Crippen LogP contribution in [0, 0.1) is 0 Å². The first-order chi connectivity index (χ1) is 8.63. The number of fused-ring (bicyclic) bond motifs is 1. The number of rotatable bonds is 3. The lowest BCUT2D eigenvalue weighted by Gasteiger charge is -2.39. The lowest BCUT2D eigenvalue weighted by atomic mass is 10.1.